The van der Waals surface area contributed by atoms with Crippen LogP contribution in [0.15, 0.2) is 12.5 Å². The zero-order valence-corrected chi connectivity index (χ0v) is 14.1. The summed E-state index contributed by atoms with van der Waals surface area (Å²) >= 11 is 0. The highest BCUT2D eigenvalue weighted by Crippen LogP contribution is 2.47. The lowest BCUT2D eigenvalue weighted by Crippen LogP contribution is -2.43. The van der Waals surface area contributed by atoms with Gasteiger partial charge in [-0.1, -0.05) is 13.8 Å². The third-order valence-electron chi connectivity index (χ3n) is 5.60. The van der Waals surface area contributed by atoms with Gasteiger partial charge in [0, 0.05) is 17.8 Å². The molecule has 0 aromatic carbocycles. The van der Waals surface area contributed by atoms with Gasteiger partial charge in [0.15, 0.2) is 0 Å². The van der Waals surface area contributed by atoms with E-state index in [0.29, 0.717) is 29.6 Å². The van der Waals surface area contributed by atoms with Gasteiger partial charge in [0.25, 0.3) is 6.43 Å². The molecular formula is C18H27F2N3. The van der Waals surface area contributed by atoms with E-state index >= 15 is 0 Å². The molecule has 3 rings (SSSR count). The highest BCUT2D eigenvalue weighted by molar-refractivity contribution is 5.18. The Morgan fingerprint density at radius 3 is 2.91 bits per heavy atom. The van der Waals surface area contributed by atoms with Gasteiger partial charge in [-0.2, -0.15) is 0 Å². The minimum Gasteiger partial charge on any atom is -0.295 e. The van der Waals surface area contributed by atoms with E-state index in [1.807, 2.05) is 0 Å². The van der Waals surface area contributed by atoms with Crippen molar-refractivity contribution in [2.45, 2.75) is 76.8 Å². The van der Waals surface area contributed by atoms with Crippen molar-refractivity contribution < 1.29 is 8.78 Å². The van der Waals surface area contributed by atoms with Crippen molar-refractivity contribution in [1.82, 2.24) is 14.9 Å². The molecule has 3 nitrogen and oxygen atoms in total. The van der Waals surface area contributed by atoms with Crippen molar-refractivity contribution >= 4 is 0 Å². The Morgan fingerprint density at radius 1 is 1.35 bits per heavy atom. The summed E-state index contributed by atoms with van der Waals surface area (Å²) in [4.78, 5) is 10.5. The first-order valence-corrected chi connectivity index (χ1v) is 8.85. The first kappa shape index (κ1) is 16.7. The highest BCUT2D eigenvalue weighted by Gasteiger charge is 2.48. The number of nitrogens with zero attached hydrogens (tertiary/aromatic N) is 3. The van der Waals surface area contributed by atoms with Gasteiger partial charge in [-0.3, -0.25) is 4.90 Å². The van der Waals surface area contributed by atoms with E-state index in [-0.39, 0.29) is 5.56 Å². The third-order valence-corrected chi connectivity index (χ3v) is 5.60. The second-order valence-electron chi connectivity index (χ2n) is 7.58. The molecule has 128 valence electrons. The molecule has 0 N–H and O–H groups in total. The zero-order chi connectivity index (χ0) is 16.4. The first-order valence-electron chi connectivity index (χ1n) is 8.85. The lowest BCUT2D eigenvalue weighted by Gasteiger charge is -2.36. The van der Waals surface area contributed by atoms with E-state index in [4.69, 9.17) is 0 Å². The number of alkyl halides is 2. The minimum atomic E-state index is -2.48. The van der Waals surface area contributed by atoms with Gasteiger partial charge in [0.05, 0.1) is 11.3 Å². The molecule has 2 aliphatic heterocycles. The number of hydrogen-bond donors (Lipinski definition) is 0. The number of aromatic nitrogens is 2. The van der Waals surface area contributed by atoms with Crippen molar-refractivity contribution in [3.8, 4) is 0 Å². The summed E-state index contributed by atoms with van der Waals surface area (Å²) in [5, 5.41) is 0. The molecule has 0 saturated carbocycles. The van der Waals surface area contributed by atoms with Crippen LogP contribution >= 0.6 is 0 Å². The van der Waals surface area contributed by atoms with Gasteiger partial charge in [-0.05, 0) is 57.4 Å². The predicted molar refractivity (Wildman–Crippen MR) is 86.5 cm³/mol. The zero-order valence-electron chi connectivity index (χ0n) is 14.1. The van der Waals surface area contributed by atoms with Gasteiger partial charge in [-0.25, -0.2) is 18.7 Å². The van der Waals surface area contributed by atoms with E-state index < -0.39 is 6.43 Å². The largest absolute Gasteiger partial charge is 0.295 e. The Balaban J connectivity index is 1.66. The van der Waals surface area contributed by atoms with Crippen LogP contribution in [0.2, 0.25) is 0 Å². The molecule has 0 amide bonds. The van der Waals surface area contributed by atoms with E-state index in [0.717, 1.165) is 6.42 Å². The summed E-state index contributed by atoms with van der Waals surface area (Å²) in [7, 11) is 0. The van der Waals surface area contributed by atoms with Crippen LogP contribution in [0.25, 0.3) is 0 Å². The maximum atomic E-state index is 13.1. The van der Waals surface area contributed by atoms with Gasteiger partial charge in [0.2, 0.25) is 0 Å². The quantitative estimate of drug-likeness (QED) is 0.777. The van der Waals surface area contributed by atoms with Crippen LogP contribution in [-0.2, 0) is 6.42 Å². The fraction of sp³-hybridized carbons (Fsp3) is 0.778. The normalized spacial score (nSPS) is 28.0. The Morgan fingerprint density at radius 2 is 2.17 bits per heavy atom. The molecule has 2 fully saturated rings. The van der Waals surface area contributed by atoms with E-state index in [2.05, 4.69) is 28.7 Å². The Hall–Kier alpha value is -1.10. The Labute approximate surface area is 137 Å². The summed E-state index contributed by atoms with van der Waals surface area (Å²) in [5.74, 6) is 0.710. The molecule has 23 heavy (non-hydrogen) atoms. The summed E-state index contributed by atoms with van der Waals surface area (Å²) in [5.41, 5.74) is 0.909. The molecule has 0 spiro atoms. The van der Waals surface area contributed by atoms with Crippen LogP contribution in [0.3, 0.4) is 0 Å². The van der Waals surface area contributed by atoms with Crippen LogP contribution in [0, 0.1) is 5.92 Å². The fourth-order valence-corrected chi connectivity index (χ4v) is 4.83. The molecule has 2 atom stereocenters. The van der Waals surface area contributed by atoms with Crippen LogP contribution < -0.4 is 0 Å². The van der Waals surface area contributed by atoms with E-state index in [9.17, 15) is 8.78 Å². The maximum absolute atomic E-state index is 13.1. The van der Waals surface area contributed by atoms with Gasteiger partial charge < -0.3 is 0 Å². The number of hydrogen-bond acceptors (Lipinski definition) is 3. The van der Waals surface area contributed by atoms with Crippen LogP contribution in [-0.4, -0.2) is 33.0 Å². The fourth-order valence-electron chi connectivity index (χ4n) is 4.83. The number of rotatable bonds is 6. The van der Waals surface area contributed by atoms with Crippen molar-refractivity contribution in [3.05, 3.63) is 23.8 Å². The summed E-state index contributed by atoms with van der Waals surface area (Å²) in [6.07, 6.45) is 8.02. The summed E-state index contributed by atoms with van der Waals surface area (Å²) in [6, 6.07) is 0.525. The van der Waals surface area contributed by atoms with Crippen LogP contribution in [0.4, 0.5) is 8.78 Å². The predicted octanol–water partition coefficient (Wildman–Crippen LogP) is 4.39. The monoisotopic (exact) mass is 323 g/mol. The van der Waals surface area contributed by atoms with Crippen molar-refractivity contribution in [3.63, 3.8) is 0 Å². The highest BCUT2D eigenvalue weighted by atomic mass is 19.3. The molecule has 3 heterocycles. The smallest absolute Gasteiger partial charge is 0.267 e. The van der Waals surface area contributed by atoms with Crippen LogP contribution in [0.1, 0.15) is 70.1 Å². The van der Waals surface area contributed by atoms with Gasteiger partial charge in [-0.15, -0.1) is 0 Å². The van der Waals surface area contributed by atoms with Crippen molar-refractivity contribution in [1.29, 1.82) is 0 Å². The standard InChI is InChI=1S/C18H27F2N3/c1-13(2)10-18-7-3-9-23(18)14(6-8-18)4-5-16-15(17(19)20)11-21-12-22-16/h11-14,17H,3-10H2,1-2H3. The Kier molecular flexibility index (Phi) is 4.95. The lowest BCUT2D eigenvalue weighted by atomic mass is 9.85. The maximum Gasteiger partial charge on any atom is 0.267 e. The average molecular weight is 323 g/mol. The van der Waals surface area contributed by atoms with Gasteiger partial charge in [0.1, 0.15) is 6.33 Å². The van der Waals surface area contributed by atoms with Crippen molar-refractivity contribution in [2.24, 2.45) is 5.92 Å². The molecular weight excluding hydrogens is 296 g/mol. The molecule has 0 radical (unpaired) electrons. The third kappa shape index (κ3) is 3.39. The molecule has 5 heteroatoms. The van der Waals surface area contributed by atoms with E-state index in [1.54, 1.807) is 0 Å². The first-order chi connectivity index (χ1) is 11.0. The lowest BCUT2D eigenvalue weighted by molar-refractivity contribution is 0.121. The Bertz CT molecular complexity index is 535. The second-order valence-corrected chi connectivity index (χ2v) is 7.58. The molecule has 2 saturated heterocycles. The average Bonchev–Trinajstić information content (AvgIpc) is 3.03. The topological polar surface area (TPSA) is 29.0 Å². The molecule has 0 bridgehead atoms. The summed E-state index contributed by atoms with van der Waals surface area (Å²) < 4.78 is 26.1. The molecule has 0 aliphatic carbocycles. The molecule has 1 aromatic rings. The number of halogens is 2. The van der Waals surface area contributed by atoms with Gasteiger partial charge >= 0.3 is 0 Å². The SMILES string of the molecule is CC(C)CC12CCCN1C(CCc1ncncc1C(F)F)CC2. The summed E-state index contributed by atoms with van der Waals surface area (Å²) in [6.45, 7) is 5.77. The van der Waals surface area contributed by atoms with E-state index in [1.165, 1.54) is 51.2 Å². The molecule has 2 aliphatic rings. The number of aryl methyl sites for hydroxylation is 1. The molecule has 2 unspecified atom stereocenters. The molecule has 1 aromatic heterocycles. The van der Waals surface area contributed by atoms with Crippen LogP contribution in [0.5, 0.6) is 0 Å². The second kappa shape index (κ2) is 6.80. The van der Waals surface area contributed by atoms with Crippen molar-refractivity contribution in [2.75, 3.05) is 6.54 Å². The minimum absolute atomic E-state index is 0.000336. The number of fused-ring (bicyclic) bond motifs is 1.